The van der Waals surface area contributed by atoms with Crippen molar-refractivity contribution in [2.45, 2.75) is 38.8 Å². The van der Waals surface area contributed by atoms with Crippen molar-refractivity contribution >= 4 is 39.7 Å². The molecule has 0 spiro atoms. The molecule has 2 aliphatic rings. The number of nitrogens with zero attached hydrogens (tertiary/aromatic N) is 5. The zero-order valence-electron chi connectivity index (χ0n) is 19.4. The fourth-order valence-corrected chi connectivity index (χ4v) is 4.69. The van der Waals surface area contributed by atoms with Crippen LogP contribution in [0.25, 0.3) is 0 Å². The normalized spacial score (nSPS) is 20.2. The van der Waals surface area contributed by atoms with E-state index in [9.17, 15) is 26.3 Å². The van der Waals surface area contributed by atoms with Gasteiger partial charge in [0.05, 0.1) is 23.4 Å². The SMILES string of the molecule is Cc1nc(CN2CCO[C@@H]3CN(c4nnc(C)s4)C[C@@H]3C2)cs1.O=C(O)C(F)(F)F.O=C(O)C(F)(F)F. The summed E-state index contributed by atoms with van der Waals surface area (Å²) in [7, 11) is 0. The molecule has 208 valence electrons. The average Bonchev–Trinajstić information content (AvgIpc) is 3.45. The largest absolute Gasteiger partial charge is 0.490 e. The molecule has 0 radical (unpaired) electrons. The molecule has 0 aliphatic carbocycles. The second-order valence-electron chi connectivity index (χ2n) is 7.88. The average molecular weight is 580 g/mol. The molecular weight excluding hydrogens is 556 g/mol. The molecule has 2 N–H and O–H groups in total. The summed E-state index contributed by atoms with van der Waals surface area (Å²) >= 11 is 3.39. The highest BCUT2D eigenvalue weighted by molar-refractivity contribution is 7.15. The van der Waals surface area contributed by atoms with Crippen LogP contribution in [0.2, 0.25) is 0 Å². The Bertz CT molecular complexity index is 1020. The molecule has 2 fully saturated rings. The number of aliphatic carboxylic acids is 2. The number of aromatic nitrogens is 3. The number of thiazole rings is 1. The van der Waals surface area contributed by atoms with Gasteiger partial charge in [0.2, 0.25) is 5.13 Å². The number of halogens is 6. The van der Waals surface area contributed by atoms with E-state index in [4.69, 9.17) is 24.5 Å². The number of rotatable bonds is 3. The van der Waals surface area contributed by atoms with Gasteiger partial charge in [-0.1, -0.05) is 11.3 Å². The maximum absolute atomic E-state index is 10.6. The maximum atomic E-state index is 10.6. The van der Waals surface area contributed by atoms with Gasteiger partial charge in [-0.25, -0.2) is 14.6 Å². The number of alkyl halides is 6. The van der Waals surface area contributed by atoms with Crippen molar-refractivity contribution in [3.8, 4) is 0 Å². The summed E-state index contributed by atoms with van der Waals surface area (Å²) in [5.74, 6) is -4.98. The second-order valence-corrected chi connectivity index (χ2v) is 10.1. The zero-order chi connectivity index (χ0) is 28.0. The van der Waals surface area contributed by atoms with Crippen LogP contribution in [0, 0.1) is 19.8 Å². The predicted molar refractivity (Wildman–Crippen MR) is 120 cm³/mol. The lowest BCUT2D eigenvalue weighted by atomic mass is 10.1. The van der Waals surface area contributed by atoms with Crippen LogP contribution in [-0.4, -0.2) is 93.5 Å². The topological polar surface area (TPSA) is 129 Å². The summed E-state index contributed by atoms with van der Waals surface area (Å²) < 4.78 is 69.6. The lowest BCUT2D eigenvalue weighted by molar-refractivity contribution is -0.193. The van der Waals surface area contributed by atoms with Crippen LogP contribution in [-0.2, 0) is 20.9 Å². The van der Waals surface area contributed by atoms with Gasteiger partial charge in [0.15, 0.2) is 0 Å². The first-order valence-electron chi connectivity index (χ1n) is 10.5. The first-order chi connectivity index (χ1) is 17.1. The molecule has 4 heterocycles. The summed E-state index contributed by atoms with van der Waals surface area (Å²) in [5, 5.41) is 28.0. The van der Waals surface area contributed by atoms with Crippen LogP contribution in [0.4, 0.5) is 31.5 Å². The molecule has 2 aliphatic heterocycles. The van der Waals surface area contributed by atoms with Crippen LogP contribution < -0.4 is 4.90 Å². The maximum Gasteiger partial charge on any atom is 0.490 e. The lowest BCUT2D eigenvalue weighted by Crippen LogP contribution is -2.32. The highest BCUT2D eigenvalue weighted by Crippen LogP contribution is 2.30. The Morgan fingerprint density at radius 2 is 1.62 bits per heavy atom. The van der Waals surface area contributed by atoms with Gasteiger partial charge < -0.3 is 19.8 Å². The fourth-order valence-electron chi connectivity index (χ4n) is 3.39. The van der Waals surface area contributed by atoms with Gasteiger partial charge in [0, 0.05) is 44.0 Å². The lowest BCUT2D eigenvalue weighted by Gasteiger charge is -2.22. The van der Waals surface area contributed by atoms with E-state index in [-0.39, 0.29) is 0 Å². The van der Waals surface area contributed by atoms with Crippen molar-refractivity contribution in [3.05, 3.63) is 21.1 Å². The Morgan fingerprint density at radius 1 is 1.03 bits per heavy atom. The molecule has 0 amide bonds. The standard InChI is InChI=1S/C15H21N5OS2.2C2HF3O2/c1-10-16-13(9-22-10)7-19-3-4-21-14-8-20(6-12(14)5-19)15-18-17-11(2)23-15;2*3-2(4,5)1(6)7/h9,12,14H,3-8H2,1-2H3;2*(H,6,7)/t12-,14+;;/m0../s1. The van der Waals surface area contributed by atoms with Crippen LogP contribution in [0.1, 0.15) is 15.7 Å². The third-order valence-corrected chi connectivity index (χ3v) is 6.66. The summed E-state index contributed by atoms with van der Waals surface area (Å²) in [4.78, 5) is 27.2. The number of hydrogen-bond acceptors (Lipinski definition) is 10. The molecule has 37 heavy (non-hydrogen) atoms. The Kier molecular flexibility index (Phi) is 10.6. The Labute approximate surface area is 214 Å². The molecule has 4 rings (SSSR count). The van der Waals surface area contributed by atoms with E-state index in [0.29, 0.717) is 12.0 Å². The number of hydrogen-bond donors (Lipinski definition) is 2. The molecule has 10 nitrogen and oxygen atoms in total. The van der Waals surface area contributed by atoms with Gasteiger partial charge in [-0.05, 0) is 13.8 Å². The molecular formula is C19H23F6N5O5S2. The molecule has 2 atom stereocenters. The van der Waals surface area contributed by atoms with Gasteiger partial charge in [0.1, 0.15) is 5.01 Å². The van der Waals surface area contributed by atoms with Crippen LogP contribution in [0.15, 0.2) is 5.38 Å². The molecule has 2 saturated heterocycles. The summed E-state index contributed by atoms with van der Waals surface area (Å²) in [6, 6.07) is 0. The fraction of sp³-hybridized carbons (Fsp3) is 0.632. The minimum Gasteiger partial charge on any atom is -0.475 e. The van der Waals surface area contributed by atoms with Crippen molar-refractivity contribution < 1.29 is 50.9 Å². The van der Waals surface area contributed by atoms with Crippen molar-refractivity contribution in [1.29, 1.82) is 0 Å². The van der Waals surface area contributed by atoms with Gasteiger partial charge in [-0.3, -0.25) is 4.90 Å². The molecule has 0 saturated carbocycles. The Balaban J connectivity index is 0.000000286. The van der Waals surface area contributed by atoms with Crippen LogP contribution in [0.3, 0.4) is 0 Å². The number of carbonyl (C=O) groups is 2. The number of fused-ring (bicyclic) bond motifs is 1. The van der Waals surface area contributed by atoms with Gasteiger partial charge in [0.25, 0.3) is 0 Å². The minimum absolute atomic E-state index is 0.307. The first kappa shape index (κ1) is 30.7. The van der Waals surface area contributed by atoms with Crippen LogP contribution >= 0.6 is 22.7 Å². The Morgan fingerprint density at radius 3 is 2.08 bits per heavy atom. The monoisotopic (exact) mass is 579 g/mol. The number of carboxylic acid groups (broad SMARTS) is 2. The summed E-state index contributed by atoms with van der Waals surface area (Å²) in [6.07, 6.45) is -9.86. The van der Waals surface area contributed by atoms with Gasteiger partial charge in [-0.15, -0.1) is 21.5 Å². The third-order valence-electron chi connectivity index (χ3n) is 4.94. The van der Waals surface area contributed by atoms with E-state index in [0.717, 1.165) is 54.5 Å². The van der Waals surface area contributed by atoms with E-state index in [1.807, 2.05) is 6.92 Å². The zero-order valence-corrected chi connectivity index (χ0v) is 21.0. The highest BCUT2D eigenvalue weighted by atomic mass is 32.1. The number of anilines is 1. The van der Waals surface area contributed by atoms with Crippen molar-refractivity contribution in [3.63, 3.8) is 0 Å². The molecule has 0 unspecified atom stereocenters. The predicted octanol–water partition coefficient (Wildman–Crippen LogP) is 3.22. The number of carboxylic acids is 2. The van der Waals surface area contributed by atoms with Crippen molar-refractivity contribution in [1.82, 2.24) is 20.1 Å². The summed E-state index contributed by atoms with van der Waals surface area (Å²) in [5.41, 5.74) is 1.18. The van der Waals surface area contributed by atoms with Gasteiger partial charge >= 0.3 is 24.3 Å². The van der Waals surface area contributed by atoms with E-state index >= 15 is 0 Å². The molecule has 0 bridgehead atoms. The van der Waals surface area contributed by atoms with Crippen molar-refractivity contribution in [2.24, 2.45) is 5.92 Å². The molecule has 2 aromatic heterocycles. The van der Waals surface area contributed by atoms with E-state index in [2.05, 4.69) is 37.3 Å². The minimum atomic E-state index is -5.08. The van der Waals surface area contributed by atoms with Crippen molar-refractivity contribution in [2.75, 3.05) is 37.7 Å². The van der Waals surface area contributed by atoms with Gasteiger partial charge in [-0.2, -0.15) is 26.3 Å². The third kappa shape index (κ3) is 10.0. The number of ether oxygens (including phenoxy) is 1. The Hall–Kier alpha value is -2.57. The van der Waals surface area contributed by atoms with Crippen LogP contribution in [0.5, 0.6) is 0 Å². The molecule has 2 aromatic rings. The smallest absolute Gasteiger partial charge is 0.475 e. The first-order valence-corrected chi connectivity index (χ1v) is 12.2. The molecule has 18 heteroatoms. The highest BCUT2D eigenvalue weighted by Gasteiger charge is 2.39. The number of aryl methyl sites for hydroxylation is 2. The molecule has 0 aromatic carbocycles. The second kappa shape index (κ2) is 12.8. The van der Waals surface area contributed by atoms with E-state index < -0.39 is 24.3 Å². The van der Waals surface area contributed by atoms with E-state index in [1.54, 1.807) is 22.7 Å². The quantitative estimate of drug-likeness (QED) is 0.523. The summed E-state index contributed by atoms with van der Waals surface area (Å²) in [6.45, 7) is 9.78. The van der Waals surface area contributed by atoms with E-state index in [1.165, 1.54) is 5.69 Å².